The van der Waals surface area contributed by atoms with Crippen molar-refractivity contribution in [2.24, 2.45) is 5.92 Å². The predicted octanol–water partition coefficient (Wildman–Crippen LogP) is -3.04. The molecule has 0 radical (unpaired) electrons. The van der Waals surface area contributed by atoms with E-state index in [1.54, 1.807) is 0 Å². The van der Waals surface area contributed by atoms with Crippen LogP contribution in [0.3, 0.4) is 0 Å². The molecule has 7 heteroatoms. The van der Waals surface area contributed by atoms with E-state index in [0.717, 1.165) is 0 Å². The van der Waals surface area contributed by atoms with E-state index >= 15 is 0 Å². The van der Waals surface area contributed by atoms with Crippen molar-refractivity contribution in [3.63, 3.8) is 0 Å². The van der Waals surface area contributed by atoms with Crippen LogP contribution in [0.25, 0.3) is 0 Å². The molecule has 6 atom stereocenters. The van der Waals surface area contributed by atoms with Gasteiger partial charge in [-0.15, -0.1) is 0 Å². The number of hydrogen-bond acceptors (Lipinski definition) is 6. The molecule has 5 N–H and O–H groups in total. The Balaban J connectivity index is 2.12. The van der Waals surface area contributed by atoms with E-state index in [4.69, 9.17) is 14.9 Å². The topological polar surface area (TPSA) is 119 Å². The minimum atomic E-state index is -1.23. The van der Waals surface area contributed by atoms with Crippen LogP contribution in [0.2, 0.25) is 0 Å². The van der Waals surface area contributed by atoms with Crippen LogP contribution in [0.15, 0.2) is 0 Å². The average Bonchev–Trinajstić information content (AvgIpc) is 2.34. The van der Waals surface area contributed by atoms with Crippen molar-refractivity contribution in [3.05, 3.63) is 0 Å². The lowest BCUT2D eigenvalue weighted by molar-refractivity contribution is -0.207. The number of carbonyl (C=O) groups is 1. The van der Waals surface area contributed by atoms with Gasteiger partial charge in [-0.3, -0.25) is 4.79 Å². The Labute approximate surface area is 98.0 Å². The molecule has 7 nitrogen and oxygen atoms in total. The largest absolute Gasteiger partial charge is 0.396 e. The maximum absolute atomic E-state index is 11.5. The van der Waals surface area contributed by atoms with Crippen molar-refractivity contribution in [1.29, 1.82) is 0 Å². The second-order valence-electron chi connectivity index (χ2n) is 4.53. The van der Waals surface area contributed by atoms with Crippen molar-refractivity contribution in [1.82, 2.24) is 5.32 Å². The fraction of sp³-hybridized carbons (Fsp3) is 0.900. The van der Waals surface area contributed by atoms with Crippen LogP contribution in [-0.2, 0) is 9.53 Å². The summed E-state index contributed by atoms with van der Waals surface area (Å²) in [4.78, 5) is 11.5. The smallest absolute Gasteiger partial charge is 0.225 e. The highest BCUT2D eigenvalue weighted by atomic mass is 16.5. The lowest BCUT2D eigenvalue weighted by Gasteiger charge is -2.46. The number of fused-ring (bicyclic) bond motifs is 1. The molecule has 2 rings (SSSR count). The van der Waals surface area contributed by atoms with E-state index < -0.39 is 43.0 Å². The third-order valence-corrected chi connectivity index (χ3v) is 3.45. The molecule has 0 aromatic heterocycles. The molecule has 2 fully saturated rings. The third kappa shape index (κ3) is 2.16. The number of aliphatic hydroxyl groups is 4. The van der Waals surface area contributed by atoms with Crippen molar-refractivity contribution < 1.29 is 30.0 Å². The van der Waals surface area contributed by atoms with Gasteiger partial charge < -0.3 is 30.5 Å². The quantitative estimate of drug-likeness (QED) is 0.354. The van der Waals surface area contributed by atoms with E-state index in [1.807, 2.05) is 0 Å². The van der Waals surface area contributed by atoms with Gasteiger partial charge >= 0.3 is 0 Å². The number of hydrogen-bond donors (Lipinski definition) is 5. The van der Waals surface area contributed by atoms with Gasteiger partial charge in [0, 0.05) is 0 Å². The zero-order valence-corrected chi connectivity index (χ0v) is 9.19. The Morgan fingerprint density at radius 2 is 1.94 bits per heavy atom. The van der Waals surface area contributed by atoms with Crippen molar-refractivity contribution in [2.45, 2.75) is 36.9 Å². The Morgan fingerprint density at radius 3 is 2.53 bits per heavy atom. The van der Waals surface area contributed by atoms with Gasteiger partial charge in [-0.05, 0) is 6.42 Å². The van der Waals surface area contributed by atoms with Gasteiger partial charge in [-0.2, -0.15) is 0 Å². The summed E-state index contributed by atoms with van der Waals surface area (Å²) in [5, 5.41) is 40.0. The first-order valence-corrected chi connectivity index (χ1v) is 5.62. The zero-order chi connectivity index (χ0) is 12.6. The zero-order valence-electron chi connectivity index (χ0n) is 9.19. The monoisotopic (exact) mass is 247 g/mol. The fourth-order valence-electron chi connectivity index (χ4n) is 2.40. The number of ether oxygens (including phenoxy) is 1. The SMILES string of the molecule is O=C1NC2C(C[C@@H]1CO)OC(CO)C(O)C2O. The van der Waals surface area contributed by atoms with Gasteiger partial charge in [0.25, 0.3) is 0 Å². The predicted molar refractivity (Wildman–Crippen MR) is 54.9 cm³/mol. The van der Waals surface area contributed by atoms with Crippen LogP contribution in [0.1, 0.15) is 6.42 Å². The standard InChI is InChI=1S/C10H17NO6/c12-2-4-1-5-7(11-10(4)16)9(15)8(14)6(3-13)17-5/h4-9,12-15H,1-3H2,(H,11,16)/t4-,5?,6?,7?,8?,9?/m1/s1. The van der Waals surface area contributed by atoms with Crippen LogP contribution in [-0.4, -0.2) is 70.0 Å². The minimum Gasteiger partial charge on any atom is -0.396 e. The third-order valence-electron chi connectivity index (χ3n) is 3.45. The second-order valence-corrected chi connectivity index (χ2v) is 4.53. The molecule has 2 saturated heterocycles. The van der Waals surface area contributed by atoms with E-state index in [-0.39, 0.29) is 18.9 Å². The van der Waals surface area contributed by atoms with Gasteiger partial charge in [0.05, 0.1) is 31.3 Å². The van der Waals surface area contributed by atoms with Crippen molar-refractivity contribution in [2.75, 3.05) is 13.2 Å². The van der Waals surface area contributed by atoms with Crippen LogP contribution >= 0.6 is 0 Å². The summed E-state index contributed by atoms with van der Waals surface area (Å²) in [6.45, 7) is -0.694. The summed E-state index contributed by atoms with van der Waals surface area (Å²) < 4.78 is 5.42. The molecule has 5 unspecified atom stereocenters. The van der Waals surface area contributed by atoms with E-state index in [0.29, 0.717) is 0 Å². The van der Waals surface area contributed by atoms with Gasteiger partial charge in [0.1, 0.15) is 18.3 Å². The molecule has 2 aliphatic rings. The van der Waals surface area contributed by atoms with Gasteiger partial charge in [0.2, 0.25) is 5.91 Å². The number of nitrogens with one attached hydrogen (secondary N) is 1. The highest BCUT2D eigenvalue weighted by Gasteiger charge is 2.48. The first-order chi connectivity index (χ1) is 8.08. The Kier molecular flexibility index (Phi) is 3.64. The molecule has 1 amide bonds. The van der Waals surface area contributed by atoms with Crippen LogP contribution in [0, 0.1) is 5.92 Å². The van der Waals surface area contributed by atoms with Crippen LogP contribution in [0.4, 0.5) is 0 Å². The van der Waals surface area contributed by atoms with Crippen LogP contribution < -0.4 is 5.32 Å². The summed E-state index contributed by atoms with van der Waals surface area (Å²) in [6.07, 6.45) is -3.49. The van der Waals surface area contributed by atoms with Gasteiger partial charge in [-0.25, -0.2) is 0 Å². The molecule has 0 bridgehead atoms. The summed E-state index contributed by atoms with van der Waals surface area (Å²) in [7, 11) is 0. The molecule has 0 spiro atoms. The van der Waals surface area contributed by atoms with Crippen molar-refractivity contribution >= 4 is 5.91 Å². The van der Waals surface area contributed by atoms with Crippen molar-refractivity contribution in [3.8, 4) is 0 Å². The molecular formula is C10H17NO6. The molecule has 2 heterocycles. The average molecular weight is 247 g/mol. The van der Waals surface area contributed by atoms with E-state index in [2.05, 4.69) is 5.32 Å². The Bertz CT molecular complexity index is 299. The number of piperidine rings is 1. The minimum absolute atomic E-state index is 0.271. The maximum atomic E-state index is 11.5. The maximum Gasteiger partial charge on any atom is 0.225 e. The summed E-state index contributed by atoms with van der Waals surface area (Å²) in [6, 6.07) is -0.692. The molecule has 2 aliphatic heterocycles. The summed E-state index contributed by atoms with van der Waals surface area (Å²) >= 11 is 0. The summed E-state index contributed by atoms with van der Waals surface area (Å²) in [5.41, 5.74) is 0. The number of rotatable bonds is 2. The van der Waals surface area contributed by atoms with Crippen LogP contribution in [0.5, 0.6) is 0 Å². The molecule has 0 aromatic carbocycles. The Morgan fingerprint density at radius 1 is 1.24 bits per heavy atom. The highest BCUT2D eigenvalue weighted by molar-refractivity contribution is 5.80. The Hall–Kier alpha value is -0.730. The fourth-order valence-corrected chi connectivity index (χ4v) is 2.40. The summed E-state index contributed by atoms with van der Waals surface area (Å²) in [5.74, 6) is -0.927. The molecule has 0 aliphatic carbocycles. The first-order valence-electron chi connectivity index (χ1n) is 5.62. The molecule has 0 saturated carbocycles. The lowest BCUT2D eigenvalue weighted by atomic mass is 9.84. The van der Waals surface area contributed by atoms with E-state index in [9.17, 15) is 15.0 Å². The first kappa shape index (κ1) is 12.7. The van der Waals surface area contributed by atoms with Gasteiger partial charge in [-0.1, -0.05) is 0 Å². The molecule has 98 valence electrons. The molecule has 0 aromatic rings. The number of amides is 1. The molecule has 17 heavy (non-hydrogen) atoms. The highest BCUT2D eigenvalue weighted by Crippen LogP contribution is 2.28. The van der Waals surface area contributed by atoms with E-state index in [1.165, 1.54) is 0 Å². The number of aliphatic hydroxyl groups excluding tert-OH is 4. The second kappa shape index (κ2) is 4.87. The normalized spacial score (nSPS) is 46.2. The van der Waals surface area contributed by atoms with Gasteiger partial charge in [0.15, 0.2) is 0 Å². The number of carbonyl (C=O) groups excluding carboxylic acids is 1. The molecular weight excluding hydrogens is 230 g/mol. The lowest BCUT2D eigenvalue weighted by Crippen LogP contribution is -2.67.